The summed E-state index contributed by atoms with van der Waals surface area (Å²) in [5, 5.41) is 18.0. The van der Waals surface area contributed by atoms with E-state index in [9.17, 15) is 0 Å². The van der Waals surface area contributed by atoms with Gasteiger partial charge in [-0.05, 0) is 6.92 Å². The van der Waals surface area contributed by atoms with Crippen LogP contribution < -0.4 is 0 Å². The van der Waals surface area contributed by atoms with Crippen LogP contribution in [0.3, 0.4) is 0 Å². The minimum Gasteiger partial charge on any atom is -0.391 e. The van der Waals surface area contributed by atoms with E-state index in [1.807, 2.05) is 0 Å². The van der Waals surface area contributed by atoms with Crippen LogP contribution >= 0.6 is 0 Å². The van der Waals surface area contributed by atoms with Crippen LogP contribution in [0, 0.1) is 0 Å². The van der Waals surface area contributed by atoms with Gasteiger partial charge in [0, 0.05) is 20.6 Å². The van der Waals surface area contributed by atoms with Gasteiger partial charge in [-0.2, -0.15) is 0 Å². The van der Waals surface area contributed by atoms with Crippen molar-refractivity contribution in [3.8, 4) is 0 Å². The average Bonchev–Trinajstić information content (AvgIpc) is 1.99. The first-order chi connectivity index (χ1) is 5.11. The molecule has 68 valence electrons. The van der Waals surface area contributed by atoms with Gasteiger partial charge in [0.15, 0.2) is 6.29 Å². The van der Waals surface area contributed by atoms with E-state index in [-0.39, 0.29) is 6.42 Å². The molecule has 2 unspecified atom stereocenters. The molecule has 2 N–H and O–H groups in total. The van der Waals surface area contributed by atoms with Gasteiger partial charge in [0.1, 0.15) is 0 Å². The molecule has 0 saturated heterocycles. The number of methoxy groups -OCH3 is 2. The fraction of sp³-hybridized carbons (Fsp3) is 1.00. The highest BCUT2D eigenvalue weighted by Gasteiger charge is 2.16. The molecule has 2 atom stereocenters. The fourth-order valence-corrected chi connectivity index (χ4v) is 0.683. The van der Waals surface area contributed by atoms with E-state index >= 15 is 0 Å². The van der Waals surface area contributed by atoms with E-state index in [0.717, 1.165) is 0 Å². The standard InChI is InChI=1S/C7H16O4/c1-5(8)6(9)4-7(10-2)11-3/h5-9H,4H2,1-3H3. The normalized spacial score (nSPS) is 16.9. The van der Waals surface area contributed by atoms with E-state index < -0.39 is 18.5 Å². The summed E-state index contributed by atoms with van der Waals surface area (Å²) in [6.07, 6.45) is -1.70. The Bertz CT molecular complexity index is 90.4. The molecule has 4 heteroatoms. The Kier molecular flexibility index (Phi) is 5.41. The zero-order valence-corrected chi connectivity index (χ0v) is 7.15. The maximum Gasteiger partial charge on any atom is 0.159 e. The predicted molar refractivity (Wildman–Crippen MR) is 40.1 cm³/mol. The summed E-state index contributed by atoms with van der Waals surface area (Å²) in [4.78, 5) is 0. The summed E-state index contributed by atoms with van der Waals surface area (Å²) in [5.74, 6) is 0. The van der Waals surface area contributed by atoms with Crippen molar-refractivity contribution >= 4 is 0 Å². The molecule has 0 aromatic heterocycles. The number of hydrogen-bond acceptors (Lipinski definition) is 4. The molecule has 0 aliphatic heterocycles. The second kappa shape index (κ2) is 5.49. The van der Waals surface area contributed by atoms with Gasteiger partial charge < -0.3 is 19.7 Å². The SMILES string of the molecule is COC(CC(O)C(C)O)OC. The van der Waals surface area contributed by atoms with Crippen LogP contribution in [0.1, 0.15) is 13.3 Å². The number of aliphatic hydroxyl groups is 2. The maximum absolute atomic E-state index is 9.15. The average molecular weight is 164 g/mol. The zero-order chi connectivity index (χ0) is 8.85. The first kappa shape index (κ1) is 10.8. The molecule has 0 aromatic carbocycles. The molecular formula is C7H16O4. The van der Waals surface area contributed by atoms with Crippen LogP contribution in [-0.4, -0.2) is 42.9 Å². The van der Waals surface area contributed by atoms with Crippen LogP contribution in [0.5, 0.6) is 0 Å². The summed E-state index contributed by atoms with van der Waals surface area (Å²) in [7, 11) is 2.98. The monoisotopic (exact) mass is 164 g/mol. The number of rotatable bonds is 5. The highest BCUT2D eigenvalue weighted by molar-refractivity contribution is 4.63. The Morgan fingerprint density at radius 1 is 1.18 bits per heavy atom. The van der Waals surface area contributed by atoms with Gasteiger partial charge >= 0.3 is 0 Å². The van der Waals surface area contributed by atoms with Crippen molar-refractivity contribution in [2.45, 2.75) is 31.8 Å². The first-order valence-electron chi connectivity index (χ1n) is 3.53. The minimum absolute atomic E-state index is 0.282. The molecule has 0 amide bonds. The predicted octanol–water partition coefficient (Wildman–Crippen LogP) is -0.263. The summed E-state index contributed by atoms with van der Waals surface area (Å²) >= 11 is 0. The van der Waals surface area contributed by atoms with Gasteiger partial charge in [0.2, 0.25) is 0 Å². The number of aliphatic hydroxyl groups excluding tert-OH is 2. The van der Waals surface area contributed by atoms with Gasteiger partial charge in [-0.1, -0.05) is 0 Å². The highest BCUT2D eigenvalue weighted by Crippen LogP contribution is 2.05. The summed E-state index contributed by atoms with van der Waals surface area (Å²) in [6, 6.07) is 0. The van der Waals surface area contributed by atoms with Crippen LogP contribution in [0.2, 0.25) is 0 Å². The van der Waals surface area contributed by atoms with E-state index in [2.05, 4.69) is 0 Å². The molecule has 0 aliphatic carbocycles. The van der Waals surface area contributed by atoms with Crippen LogP contribution in [0.15, 0.2) is 0 Å². The van der Waals surface area contributed by atoms with Crippen molar-refractivity contribution in [2.75, 3.05) is 14.2 Å². The second-order valence-electron chi connectivity index (χ2n) is 2.44. The highest BCUT2D eigenvalue weighted by atomic mass is 16.7. The maximum atomic E-state index is 9.15. The Morgan fingerprint density at radius 2 is 1.64 bits per heavy atom. The third-order valence-electron chi connectivity index (χ3n) is 1.52. The van der Waals surface area contributed by atoms with Gasteiger partial charge in [-0.25, -0.2) is 0 Å². The second-order valence-corrected chi connectivity index (χ2v) is 2.44. The number of ether oxygens (including phenoxy) is 2. The fourth-order valence-electron chi connectivity index (χ4n) is 0.683. The Morgan fingerprint density at radius 3 is 1.91 bits per heavy atom. The van der Waals surface area contributed by atoms with Crippen LogP contribution in [-0.2, 0) is 9.47 Å². The molecule has 0 rings (SSSR count). The van der Waals surface area contributed by atoms with E-state index in [1.54, 1.807) is 0 Å². The van der Waals surface area contributed by atoms with E-state index in [1.165, 1.54) is 21.1 Å². The summed E-state index contributed by atoms with van der Waals surface area (Å²) < 4.78 is 9.65. The van der Waals surface area contributed by atoms with Crippen LogP contribution in [0.4, 0.5) is 0 Å². The Balaban J connectivity index is 3.62. The third-order valence-corrected chi connectivity index (χ3v) is 1.52. The lowest BCUT2D eigenvalue weighted by Crippen LogP contribution is -2.29. The molecule has 0 spiro atoms. The van der Waals surface area contributed by atoms with Crippen molar-refractivity contribution in [1.82, 2.24) is 0 Å². The van der Waals surface area contributed by atoms with Gasteiger partial charge in [-0.15, -0.1) is 0 Å². The van der Waals surface area contributed by atoms with E-state index in [0.29, 0.717) is 0 Å². The van der Waals surface area contributed by atoms with Crippen molar-refractivity contribution < 1.29 is 19.7 Å². The lowest BCUT2D eigenvalue weighted by Gasteiger charge is -2.19. The molecule has 11 heavy (non-hydrogen) atoms. The van der Waals surface area contributed by atoms with Crippen molar-refractivity contribution in [3.63, 3.8) is 0 Å². The molecule has 0 bridgehead atoms. The topological polar surface area (TPSA) is 58.9 Å². The molecule has 0 heterocycles. The van der Waals surface area contributed by atoms with Crippen LogP contribution in [0.25, 0.3) is 0 Å². The third kappa shape index (κ3) is 4.31. The molecule has 0 aromatic rings. The molecule has 0 aliphatic rings. The summed E-state index contributed by atoms with van der Waals surface area (Å²) in [5.41, 5.74) is 0. The van der Waals surface area contributed by atoms with Gasteiger partial charge in [0.25, 0.3) is 0 Å². The first-order valence-corrected chi connectivity index (χ1v) is 3.53. The smallest absolute Gasteiger partial charge is 0.159 e. The van der Waals surface area contributed by atoms with Crippen molar-refractivity contribution in [2.24, 2.45) is 0 Å². The number of hydrogen-bond donors (Lipinski definition) is 2. The van der Waals surface area contributed by atoms with Gasteiger partial charge in [-0.3, -0.25) is 0 Å². The van der Waals surface area contributed by atoms with Crippen molar-refractivity contribution in [1.29, 1.82) is 0 Å². The molecule has 0 fully saturated rings. The molecule has 0 radical (unpaired) electrons. The quantitative estimate of drug-likeness (QED) is 0.549. The largest absolute Gasteiger partial charge is 0.391 e. The molecular weight excluding hydrogens is 148 g/mol. The summed E-state index contributed by atoms with van der Waals surface area (Å²) in [6.45, 7) is 1.52. The molecule has 0 saturated carbocycles. The Hall–Kier alpha value is -0.160. The van der Waals surface area contributed by atoms with Crippen molar-refractivity contribution in [3.05, 3.63) is 0 Å². The lowest BCUT2D eigenvalue weighted by atomic mass is 10.1. The van der Waals surface area contributed by atoms with E-state index in [4.69, 9.17) is 19.7 Å². The minimum atomic E-state index is -0.792. The van der Waals surface area contributed by atoms with Gasteiger partial charge in [0.05, 0.1) is 12.2 Å². The molecule has 4 nitrogen and oxygen atoms in total. The Labute approximate surface area is 66.7 Å². The zero-order valence-electron chi connectivity index (χ0n) is 7.15. The lowest BCUT2D eigenvalue weighted by molar-refractivity contribution is -0.133.